The molecule has 1 aliphatic heterocycles. The fraction of sp³-hybridized carbons (Fsp3) is 0.300. The first-order valence-corrected chi connectivity index (χ1v) is 4.86. The van der Waals surface area contributed by atoms with Crippen LogP contribution in [0.5, 0.6) is 11.5 Å². The van der Waals surface area contributed by atoms with E-state index in [1.165, 1.54) is 12.1 Å². The SMILES string of the molecule is CCc1nc2cc3c(cc2[nH]1)OC(F)(F)O3. The summed E-state index contributed by atoms with van der Waals surface area (Å²) in [6.07, 6.45) is -2.83. The third-order valence-corrected chi connectivity index (χ3v) is 2.39. The van der Waals surface area contributed by atoms with Crippen LogP contribution in [0.15, 0.2) is 12.1 Å². The molecule has 0 fully saturated rings. The molecule has 0 saturated carbocycles. The molecule has 1 aliphatic rings. The standard InChI is InChI=1S/C10H8F2N2O2/c1-2-9-13-5-3-7-8(4-6(5)14-9)16-10(11,12)15-7/h3-4H,2H2,1H3,(H,13,14). The monoisotopic (exact) mass is 226 g/mol. The molecule has 1 aromatic heterocycles. The van der Waals surface area contributed by atoms with Gasteiger partial charge in [-0.1, -0.05) is 6.92 Å². The second-order valence-electron chi connectivity index (χ2n) is 3.52. The van der Waals surface area contributed by atoms with Crippen molar-refractivity contribution in [1.29, 1.82) is 0 Å². The minimum absolute atomic E-state index is 0.0200. The van der Waals surface area contributed by atoms with Crippen LogP contribution in [0.3, 0.4) is 0 Å². The van der Waals surface area contributed by atoms with Gasteiger partial charge in [0.1, 0.15) is 5.82 Å². The molecule has 0 bridgehead atoms. The highest BCUT2D eigenvalue weighted by Gasteiger charge is 2.43. The van der Waals surface area contributed by atoms with E-state index in [0.29, 0.717) is 11.0 Å². The molecule has 0 radical (unpaired) electrons. The third-order valence-electron chi connectivity index (χ3n) is 2.39. The summed E-state index contributed by atoms with van der Waals surface area (Å²) in [5, 5.41) is 0. The van der Waals surface area contributed by atoms with Crippen LogP contribution in [0, 0.1) is 0 Å². The number of benzene rings is 1. The van der Waals surface area contributed by atoms with Crippen molar-refractivity contribution < 1.29 is 18.3 Å². The number of hydrogen-bond acceptors (Lipinski definition) is 3. The van der Waals surface area contributed by atoms with E-state index in [1.54, 1.807) is 0 Å². The number of halogens is 2. The maximum Gasteiger partial charge on any atom is 0.586 e. The summed E-state index contributed by atoms with van der Waals surface area (Å²) in [6, 6.07) is 2.92. The first-order valence-electron chi connectivity index (χ1n) is 4.86. The summed E-state index contributed by atoms with van der Waals surface area (Å²) < 4.78 is 34.2. The van der Waals surface area contributed by atoms with Crippen molar-refractivity contribution in [2.24, 2.45) is 0 Å². The molecule has 2 heterocycles. The lowest BCUT2D eigenvalue weighted by atomic mass is 10.3. The van der Waals surface area contributed by atoms with Crippen LogP contribution in [0.4, 0.5) is 8.78 Å². The van der Waals surface area contributed by atoms with E-state index in [-0.39, 0.29) is 11.5 Å². The van der Waals surface area contributed by atoms with Crippen LogP contribution in [0.1, 0.15) is 12.7 Å². The molecule has 1 aromatic carbocycles. The highest BCUT2D eigenvalue weighted by molar-refractivity contribution is 5.80. The number of imidazole rings is 1. The lowest BCUT2D eigenvalue weighted by Crippen LogP contribution is -2.25. The molecule has 3 rings (SSSR count). The molecule has 0 amide bonds. The van der Waals surface area contributed by atoms with Gasteiger partial charge in [-0.25, -0.2) is 4.98 Å². The van der Waals surface area contributed by atoms with Gasteiger partial charge in [-0.15, -0.1) is 8.78 Å². The van der Waals surface area contributed by atoms with Crippen LogP contribution in [0.2, 0.25) is 0 Å². The topological polar surface area (TPSA) is 47.1 Å². The van der Waals surface area contributed by atoms with Crippen LogP contribution >= 0.6 is 0 Å². The van der Waals surface area contributed by atoms with Crippen LogP contribution in [0.25, 0.3) is 11.0 Å². The lowest BCUT2D eigenvalue weighted by Gasteiger charge is -2.04. The first-order chi connectivity index (χ1) is 7.57. The Hall–Kier alpha value is -1.85. The Morgan fingerprint density at radius 2 is 2.00 bits per heavy atom. The van der Waals surface area contributed by atoms with Crippen molar-refractivity contribution in [3.8, 4) is 11.5 Å². The van der Waals surface area contributed by atoms with E-state index in [1.807, 2.05) is 6.92 Å². The smallest absolute Gasteiger partial charge is 0.395 e. The number of aryl methyl sites for hydroxylation is 1. The number of aromatic amines is 1. The molecule has 4 nitrogen and oxygen atoms in total. The average molecular weight is 226 g/mol. The molecular weight excluding hydrogens is 218 g/mol. The predicted molar refractivity (Wildman–Crippen MR) is 51.7 cm³/mol. The van der Waals surface area contributed by atoms with Gasteiger partial charge in [0.15, 0.2) is 11.5 Å². The highest BCUT2D eigenvalue weighted by Crippen LogP contribution is 2.42. The first kappa shape index (κ1) is 9.38. The fourth-order valence-corrected chi connectivity index (χ4v) is 1.67. The van der Waals surface area contributed by atoms with Crippen molar-refractivity contribution in [2.45, 2.75) is 19.6 Å². The number of alkyl halides is 2. The van der Waals surface area contributed by atoms with Gasteiger partial charge in [-0.3, -0.25) is 0 Å². The van der Waals surface area contributed by atoms with Crippen molar-refractivity contribution in [2.75, 3.05) is 0 Å². The molecule has 2 aromatic rings. The number of nitrogens with zero attached hydrogens (tertiary/aromatic N) is 1. The zero-order chi connectivity index (χ0) is 11.3. The number of H-pyrrole nitrogens is 1. The summed E-state index contributed by atoms with van der Waals surface area (Å²) in [7, 11) is 0. The van der Waals surface area contributed by atoms with E-state index >= 15 is 0 Å². The molecular formula is C10H8F2N2O2. The van der Waals surface area contributed by atoms with Crippen LogP contribution in [-0.2, 0) is 6.42 Å². The Kier molecular flexibility index (Phi) is 1.66. The zero-order valence-electron chi connectivity index (χ0n) is 8.38. The Morgan fingerprint density at radius 3 is 2.69 bits per heavy atom. The third kappa shape index (κ3) is 1.30. The van der Waals surface area contributed by atoms with Gasteiger partial charge in [0.25, 0.3) is 0 Å². The molecule has 0 saturated heterocycles. The van der Waals surface area contributed by atoms with Crippen molar-refractivity contribution in [3.05, 3.63) is 18.0 Å². The second-order valence-corrected chi connectivity index (χ2v) is 3.52. The molecule has 6 heteroatoms. The van der Waals surface area contributed by atoms with Gasteiger partial charge >= 0.3 is 6.29 Å². The number of ether oxygens (including phenoxy) is 2. The molecule has 0 unspecified atom stereocenters. The molecule has 0 spiro atoms. The number of fused-ring (bicyclic) bond motifs is 2. The Bertz CT molecular complexity index is 520. The Balaban J connectivity index is 2.15. The molecule has 84 valence electrons. The number of aromatic nitrogens is 2. The van der Waals surface area contributed by atoms with E-state index in [0.717, 1.165) is 12.2 Å². The van der Waals surface area contributed by atoms with Crippen LogP contribution < -0.4 is 9.47 Å². The van der Waals surface area contributed by atoms with Crippen molar-refractivity contribution in [1.82, 2.24) is 9.97 Å². The highest BCUT2D eigenvalue weighted by atomic mass is 19.3. The number of hydrogen-bond donors (Lipinski definition) is 1. The van der Waals surface area contributed by atoms with Gasteiger partial charge in [-0.05, 0) is 0 Å². The summed E-state index contributed by atoms with van der Waals surface area (Å²) in [5.74, 6) is 0.848. The van der Waals surface area contributed by atoms with Gasteiger partial charge in [0.2, 0.25) is 0 Å². The van der Waals surface area contributed by atoms with E-state index < -0.39 is 6.29 Å². The maximum atomic E-state index is 12.8. The summed E-state index contributed by atoms with van der Waals surface area (Å²) in [4.78, 5) is 7.23. The number of rotatable bonds is 1. The normalized spacial score (nSPS) is 16.9. The summed E-state index contributed by atoms with van der Waals surface area (Å²) >= 11 is 0. The molecule has 16 heavy (non-hydrogen) atoms. The molecule has 0 aliphatic carbocycles. The predicted octanol–water partition coefficient (Wildman–Crippen LogP) is 2.45. The minimum Gasteiger partial charge on any atom is -0.395 e. The minimum atomic E-state index is -3.57. The second kappa shape index (κ2) is 2.84. The van der Waals surface area contributed by atoms with E-state index in [4.69, 9.17) is 0 Å². The zero-order valence-corrected chi connectivity index (χ0v) is 8.38. The van der Waals surface area contributed by atoms with Crippen LogP contribution in [-0.4, -0.2) is 16.3 Å². The van der Waals surface area contributed by atoms with E-state index in [2.05, 4.69) is 19.4 Å². The molecule has 0 atom stereocenters. The van der Waals surface area contributed by atoms with Crippen molar-refractivity contribution in [3.63, 3.8) is 0 Å². The van der Waals surface area contributed by atoms with Gasteiger partial charge in [0, 0.05) is 18.6 Å². The fourth-order valence-electron chi connectivity index (χ4n) is 1.67. The average Bonchev–Trinajstić information content (AvgIpc) is 2.70. The Morgan fingerprint density at radius 1 is 1.31 bits per heavy atom. The van der Waals surface area contributed by atoms with E-state index in [9.17, 15) is 8.78 Å². The molecule has 1 N–H and O–H groups in total. The van der Waals surface area contributed by atoms with Gasteiger partial charge in [0.05, 0.1) is 11.0 Å². The van der Waals surface area contributed by atoms with Crippen molar-refractivity contribution >= 4 is 11.0 Å². The van der Waals surface area contributed by atoms with Gasteiger partial charge in [-0.2, -0.15) is 0 Å². The van der Waals surface area contributed by atoms with Gasteiger partial charge < -0.3 is 14.5 Å². The summed E-state index contributed by atoms with van der Waals surface area (Å²) in [6.45, 7) is 1.95. The lowest BCUT2D eigenvalue weighted by molar-refractivity contribution is -0.286. The Labute approximate surface area is 89.2 Å². The number of nitrogens with one attached hydrogen (secondary N) is 1. The largest absolute Gasteiger partial charge is 0.586 e. The summed E-state index contributed by atoms with van der Waals surface area (Å²) in [5.41, 5.74) is 1.26. The maximum absolute atomic E-state index is 12.8. The quantitative estimate of drug-likeness (QED) is 0.812.